The number of hydrogen-bond acceptors (Lipinski definition) is 4. The van der Waals surface area contributed by atoms with Crippen molar-refractivity contribution >= 4 is 32.6 Å². The van der Waals surface area contributed by atoms with Gasteiger partial charge in [-0.2, -0.15) is 21.6 Å². The van der Waals surface area contributed by atoms with E-state index >= 15 is 0 Å². The van der Waals surface area contributed by atoms with E-state index < -0.39 is 32.9 Å². The third-order valence-electron chi connectivity index (χ3n) is 2.49. The first-order valence-electron chi connectivity index (χ1n) is 5.34. The van der Waals surface area contributed by atoms with Gasteiger partial charge in [0, 0.05) is 5.39 Å². The molecule has 2 N–H and O–H groups in total. The first kappa shape index (κ1) is 15.0. The summed E-state index contributed by atoms with van der Waals surface area (Å²) in [6.45, 7) is 0. The molecule has 0 amide bonds. The number of aromatic nitrogens is 1. The van der Waals surface area contributed by atoms with Gasteiger partial charge in [0.2, 0.25) is 0 Å². The third-order valence-corrected chi connectivity index (χ3v) is 3.59. The van der Waals surface area contributed by atoms with Crippen molar-refractivity contribution < 1.29 is 31.5 Å². The lowest BCUT2D eigenvalue weighted by Gasteiger charge is -2.12. The Morgan fingerprint density at radius 1 is 1.19 bits per heavy atom. The predicted molar refractivity (Wildman–Crippen MR) is 67.3 cm³/mol. The van der Waals surface area contributed by atoms with Crippen LogP contribution in [0, 0.1) is 0 Å². The van der Waals surface area contributed by atoms with Crippen LogP contribution in [0.4, 0.5) is 18.9 Å². The van der Waals surface area contributed by atoms with Crippen LogP contribution >= 0.6 is 0 Å². The van der Waals surface area contributed by atoms with Crippen molar-refractivity contribution in [3.05, 3.63) is 36.0 Å². The van der Waals surface area contributed by atoms with Crippen molar-refractivity contribution in [3.63, 3.8) is 0 Å². The number of anilines is 1. The van der Waals surface area contributed by atoms with Gasteiger partial charge in [0.1, 0.15) is 5.69 Å². The lowest BCUT2D eigenvalue weighted by atomic mass is 10.2. The first-order valence-corrected chi connectivity index (χ1v) is 6.82. The van der Waals surface area contributed by atoms with Gasteiger partial charge >= 0.3 is 21.5 Å². The number of fused-ring (bicyclic) bond motifs is 1. The number of para-hydroxylation sites is 1. The highest BCUT2D eigenvalue weighted by atomic mass is 32.2. The molecule has 0 aliphatic carbocycles. The fraction of sp³-hybridized carbons (Fsp3) is 0.0909. The minimum absolute atomic E-state index is 0.190. The molecule has 0 saturated heterocycles. The van der Waals surface area contributed by atoms with Crippen molar-refractivity contribution in [2.24, 2.45) is 0 Å². The molecule has 0 radical (unpaired) electrons. The Kier molecular flexibility index (Phi) is 3.49. The molecule has 0 saturated carbocycles. The highest BCUT2D eigenvalue weighted by Crippen LogP contribution is 2.28. The lowest BCUT2D eigenvalue weighted by Crippen LogP contribution is -2.30. The van der Waals surface area contributed by atoms with E-state index in [0.29, 0.717) is 5.39 Å². The van der Waals surface area contributed by atoms with E-state index in [1.54, 1.807) is 0 Å². The van der Waals surface area contributed by atoms with Gasteiger partial charge in [-0.3, -0.25) is 4.72 Å². The Bertz CT molecular complexity index is 818. The van der Waals surface area contributed by atoms with Gasteiger partial charge in [-0.15, -0.1) is 0 Å². The number of pyridine rings is 1. The molecule has 1 aromatic heterocycles. The zero-order valence-electron chi connectivity index (χ0n) is 10.0. The number of halogens is 3. The average Bonchev–Trinajstić information content (AvgIpc) is 2.36. The zero-order chi connectivity index (χ0) is 15.8. The summed E-state index contributed by atoms with van der Waals surface area (Å²) in [6.07, 6.45) is 0. The maximum atomic E-state index is 12.4. The summed E-state index contributed by atoms with van der Waals surface area (Å²) in [7, 11) is -5.61. The molecular formula is C11H7F3N2O4S. The van der Waals surface area contributed by atoms with Crippen LogP contribution < -0.4 is 4.72 Å². The Hall–Kier alpha value is -2.36. The van der Waals surface area contributed by atoms with Crippen molar-refractivity contribution in [1.82, 2.24) is 4.98 Å². The van der Waals surface area contributed by atoms with E-state index in [9.17, 15) is 26.4 Å². The van der Waals surface area contributed by atoms with E-state index in [4.69, 9.17) is 5.11 Å². The average molecular weight is 320 g/mol. The van der Waals surface area contributed by atoms with Gasteiger partial charge in [0.15, 0.2) is 0 Å². The van der Waals surface area contributed by atoms with Crippen LogP contribution in [-0.2, 0) is 10.0 Å². The number of carboxylic acid groups (broad SMARTS) is 1. The van der Waals surface area contributed by atoms with Gasteiger partial charge in [-0.25, -0.2) is 9.78 Å². The summed E-state index contributed by atoms with van der Waals surface area (Å²) < 4.78 is 60.7. The summed E-state index contributed by atoms with van der Waals surface area (Å²) in [5, 5.41) is 9.11. The van der Waals surface area contributed by atoms with Crippen LogP contribution in [-0.4, -0.2) is 30.0 Å². The molecule has 0 bridgehead atoms. The van der Waals surface area contributed by atoms with Crippen LogP contribution in [0.5, 0.6) is 0 Å². The van der Waals surface area contributed by atoms with Crippen LogP contribution in [0.25, 0.3) is 10.9 Å². The largest absolute Gasteiger partial charge is 0.516 e. The van der Waals surface area contributed by atoms with Crippen LogP contribution in [0.1, 0.15) is 10.5 Å². The molecule has 21 heavy (non-hydrogen) atoms. The van der Waals surface area contributed by atoms with E-state index in [1.807, 2.05) is 0 Å². The molecule has 10 heteroatoms. The third kappa shape index (κ3) is 2.89. The zero-order valence-corrected chi connectivity index (χ0v) is 10.9. The van der Waals surface area contributed by atoms with Gasteiger partial charge in [0.05, 0.1) is 11.2 Å². The molecule has 0 aliphatic heterocycles. The second-order valence-corrected chi connectivity index (χ2v) is 5.60. The summed E-state index contributed by atoms with van der Waals surface area (Å²) >= 11 is 0. The van der Waals surface area contributed by atoms with Crippen molar-refractivity contribution in [2.45, 2.75) is 5.51 Å². The second-order valence-electron chi connectivity index (χ2n) is 3.93. The number of hydrogen-bond donors (Lipinski definition) is 2. The molecule has 112 valence electrons. The fourth-order valence-corrected chi connectivity index (χ4v) is 2.12. The van der Waals surface area contributed by atoms with Crippen LogP contribution in [0.15, 0.2) is 30.3 Å². The number of nitrogens with zero attached hydrogens (tertiary/aromatic N) is 1. The molecular weight excluding hydrogens is 313 g/mol. The quantitative estimate of drug-likeness (QED) is 0.903. The molecule has 0 aliphatic rings. The topological polar surface area (TPSA) is 96.4 Å². The van der Waals surface area contributed by atoms with Gasteiger partial charge in [0.25, 0.3) is 0 Å². The molecule has 0 spiro atoms. The summed E-state index contributed by atoms with van der Waals surface area (Å²) in [6, 6.07) is 6.31. The summed E-state index contributed by atoms with van der Waals surface area (Å²) in [5.74, 6) is -1.38. The molecule has 6 nitrogen and oxygen atoms in total. The molecule has 0 atom stereocenters. The van der Waals surface area contributed by atoms with E-state index in [2.05, 4.69) is 4.98 Å². The van der Waals surface area contributed by atoms with Crippen molar-refractivity contribution in [1.29, 1.82) is 0 Å². The molecule has 1 aromatic carbocycles. The minimum Gasteiger partial charge on any atom is -0.477 e. The van der Waals surface area contributed by atoms with E-state index in [-0.39, 0.29) is 5.52 Å². The maximum Gasteiger partial charge on any atom is 0.516 e. The van der Waals surface area contributed by atoms with Gasteiger partial charge in [-0.1, -0.05) is 18.2 Å². The number of nitrogens with one attached hydrogen (secondary N) is 1. The fourth-order valence-electron chi connectivity index (χ4n) is 1.55. The number of benzene rings is 1. The van der Waals surface area contributed by atoms with E-state index in [0.717, 1.165) is 12.1 Å². The van der Waals surface area contributed by atoms with Crippen LogP contribution in [0.3, 0.4) is 0 Å². The number of rotatable bonds is 3. The number of aromatic carboxylic acids is 1. The maximum absolute atomic E-state index is 12.4. The first-order chi connectivity index (χ1) is 9.62. The molecule has 0 fully saturated rings. The number of alkyl halides is 3. The SMILES string of the molecule is O=C(O)c1ccc2cccc(NS(=O)(=O)C(F)(F)F)c2n1. The highest BCUT2D eigenvalue weighted by molar-refractivity contribution is 7.93. The molecule has 1 heterocycles. The van der Waals surface area contributed by atoms with Crippen molar-refractivity contribution in [3.8, 4) is 0 Å². The standard InChI is InChI=1S/C11H7F3N2O4S/c12-11(13,14)21(19,20)16-7-3-1-2-6-4-5-8(10(17)18)15-9(6)7/h1-5,16H,(H,17,18). The van der Waals surface area contributed by atoms with E-state index in [1.165, 1.54) is 22.9 Å². The molecule has 2 rings (SSSR count). The smallest absolute Gasteiger partial charge is 0.477 e. The van der Waals surface area contributed by atoms with Gasteiger partial charge in [-0.05, 0) is 12.1 Å². The van der Waals surface area contributed by atoms with Crippen molar-refractivity contribution in [2.75, 3.05) is 4.72 Å². The second kappa shape index (κ2) is 4.88. The highest BCUT2D eigenvalue weighted by Gasteiger charge is 2.46. The Morgan fingerprint density at radius 2 is 1.86 bits per heavy atom. The monoisotopic (exact) mass is 320 g/mol. The van der Waals surface area contributed by atoms with Crippen LogP contribution in [0.2, 0.25) is 0 Å². The normalized spacial score (nSPS) is 12.3. The lowest BCUT2D eigenvalue weighted by molar-refractivity contribution is -0.0429. The number of sulfonamides is 1. The van der Waals surface area contributed by atoms with Gasteiger partial charge < -0.3 is 5.11 Å². The minimum atomic E-state index is -5.61. The number of carbonyl (C=O) groups is 1. The Morgan fingerprint density at radius 3 is 2.43 bits per heavy atom. The Balaban J connectivity index is 2.59. The number of carboxylic acids is 1. The predicted octanol–water partition coefficient (Wildman–Crippen LogP) is 2.19. The molecule has 0 unspecified atom stereocenters. The summed E-state index contributed by atoms with van der Waals surface area (Å²) in [5.41, 5.74) is -6.54. The summed E-state index contributed by atoms with van der Waals surface area (Å²) in [4.78, 5) is 14.5. The molecule has 2 aromatic rings. The Labute approximate surface area is 116 Å².